The van der Waals surface area contributed by atoms with E-state index in [0.29, 0.717) is 22.8 Å². The molecule has 0 unspecified atom stereocenters. The summed E-state index contributed by atoms with van der Waals surface area (Å²) in [4.78, 5) is 21.1. The Morgan fingerprint density at radius 1 is 1.14 bits per heavy atom. The van der Waals surface area contributed by atoms with Crippen LogP contribution >= 0.6 is 11.6 Å². The molecule has 0 aliphatic rings. The molecule has 0 aliphatic heterocycles. The van der Waals surface area contributed by atoms with E-state index in [1.807, 2.05) is 24.3 Å². The van der Waals surface area contributed by atoms with Crippen LogP contribution in [0, 0.1) is 0 Å². The first-order valence-electron chi connectivity index (χ1n) is 6.51. The van der Waals surface area contributed by atoms with Crippen LogP contribution in [0.25, 0.3) is 16.8 Å². The third-order valence-corrected chi connectivity index (χ3v) is 3.59. The quantitative estimate of drug-likeness (QED) is 0.679. The minimum absolute atomic E-state index is 0.0952. The molecule has 0 radical (unpaired) electrons. The van der Waals surface area contributed by atoms with Crippen molar-refractivity contribution in [1.29, 1.82) is 0 Å². The van der Waals surface area contributed by atoms with Gasteiger partial charge < -0.3 is 4.74 Å². The topological polar surface area (TPSA) is 60.7 Å². The zero-order valence-corrected chi connectivity index (χ0v) is 12.2. The Bertz CT molecular complexity index is 840. The van der Waals surface area contributed by atoms with Gasteiger partial charge in [-0.15, -0.1) is 0 Å². The van der Waals surface area contributed by atoms with Gasteiger partial charge in [0.05, 0.1) is 21.9 Å². The highest BCUT2D eigenvalue weighted by Gasteiger charge is 2.10. The molecule has 0 bridgehead atoms. The molecule has 0 spiro atoms. The smallest absolute Gasteiger partial charge is 0.293 e. The van der Waals surface area contributed by atoms with Gasteiger partial charge in [-0.05, 0) is 18.2 Å². The molecular weight excluding hydrogens is 304 g/mol. The Morgan fingerprint density at radius 2 is 1.91 bits per heavy atom. The Labute approximate surface area is 131 Å². The van der Waals surface area contributed by atoms with Crippen LogP contribution in [0.15, 0.2) is 42.5 Å². The van der Waals surface area contributed by atoms with Crippen molar-refractivity contribution in [2.45, 2.75) is 6.61 Å². The van der Waals surface area contributed by atoms with Gasteiger partial charge in [-0.1, -0.05) is 35.9 Å². The van der Waals surface area contributed by atoms with Crippen LogP contribution in [0.4, 0.5) is 0 Å². The van der Waals surface area contributed by atoms with Gasteiger partial charge in [-0.3, -0.25) is 9.59 Å². The number of nitrogens with zero attached hydrogens (tertiary/aromatic N) is 2. The lowest BCUT2D eigenvalue weighted by Gasteiger charge is -2.05. The predicted molar refractivity (Wildman–Crippen MR) is 81.9 cm³/mol. The number of hydrogen-bond acceptors (Lipinski definition) is 4. The molecule has 1 aromatic carbocycles. The fourth-order valence-electron chi connectivity index (χ4n) is 2.21. The van der Waals surface area contributed by atoms with Crippen molar-refractivity contribution in [1.82, 2.24) is 9.61 Å². The average molecular weight is 315 g/mol. The molecule has 0 aliphatic carbocycles. The van der Waals surface area contributed by atoms with E-state index in [0.717, 1.165) is 23.1 Å². The molecule has 110 valence electrons. The molecule has 0 N–H and O–H groups in total. The highest BCUT2D eigenvalue weighted by atomic mass is 35.5. The summed E-state index contributed by atoms with van der Waals surface area (Å²) in [5.74, 6) is 0. The minimum atomic E-state index is 0.0952. The number of fused-ring (bicyclic) bond motifs is 1. The first-order valence-corrected chi connectivity index (χ1v) is 6.89. The second-order valence-electron chi connectivity index (χ2n) is 4.65. The Morgan fingerprint density at radius 3 is 2.59 bits per heavy atom. The van der Waals surface area contributed by atoms with Crippen LogP contribution in [0.5, 0.6) is 0 Å². The third kappa shape index (κ3) is 2.58. The lowest BCUT2D eigenvalue weighted by molar-refractivity contribution is -0.129. The summed E-state index contributed by atoms with van der Waals surface area (Å²) in [6, 6.07) is 12.5. The summed E-state index contributed by atoms with van der Waals surface area (Å²) < 4.78 is 6.43. The summed E-state index contributed by atoms with van der Waals surface area (Å²) in [7, 11) is 0. The van der Waals surface area contributed by atoms with E-state index < -0.39 is 0 Å². The van der Waals surface area contributed by atoms with Crippen molar-refractivity contribution in [2.24, 2.45) is 0 Å². The van der Waals surface area contributed by atoms with E-state index in [9.17, 15) is 9.59 Å². The van der Waals surface area contributed by atoms with E-state index in [4.69, 9.17) is 16.3 Å². The summed E-state index contributed by atoms with van der Waals surface area (Å²) in [6.07, 6.45) is 0.793. The summed E-state index contributed by atoms with van der Waals surface area (Å²) in [5.41, 5.74) is 3.62. The molecule has 2 aromatic heterocycles. The number of carbonyl (C=O) groups is 2. The molecule has 0 amide bonds. The molecular formula is C16H11ClN2O3. The van der Waals surface area contributed by atoms with Gasteiger partial charge in [-0.2, -0.15) is 5.10 Å². The first-order chi connectivity index (χ1) is 10.7. The van der Waals surface area contributed by atoms with Crippen LogP contribution in [0.3, 0.4) is 0 Å². The number of carbonyl (C=O) groups excluding carboxylic acids is 2. The molecule has 0 fully saturated rings. The maximum atomic E-state index is 10.7. The normalized spacial score (nSPS) is 10.6. The molecule has 6 heteroatoms. The summed E-state index contributed by atoms with van der Waals surface area (Å²) in [6.45, 7) is 0.479. The van der Waals surface area contributed by atoms with E-state index in [2.05, 4.69) is 5.10 Å². The Balaban J connectivity index is 2.06. The number of benzene rings is 1. The van der Waals surface area contributed by atoms with Gasteiger partial charge in [0.1, 0.15) is 12.9 Å². The summed E-state index contributed by atoms with van der Waals surface area (Å²) in [5, 5.41) is 5.06. The number of hydrogen-bond donors (Lipinski definition) is 0. The van der Waals surface area contributed by atoms with Gasteiger partial charge in [0.2, 0.25) is 0 Å². The second-order valence-corrected chi connectivity index (χ2v) is 5.05. The largest absolute Gasteiger partial charge is 0.461 e. The number of rotatable bonds is 5. The van der Waals surface area contributed by atoms with Gasteiger partial charge in [0, 0.05) is 11.1 Å². The van der Waals surface area contributed by atoms with Crippen LogP contribution in [0.2, 0.25) is 5.02 Å². The monoisotopic (exact) mass is 314 g/mol. The van der Waals surface area contributed by atoms with Crippen LogP contribution in [-0.4, -0.2) is 22.4 Å². The maximum absolute atomic E-state index is 10.7. The fourth-order valence-corrected chi connectivity index (χ4v) is 2.48. The van der Waals surface area contributed by atoms with Crippen molar-refractivity contribution in [3.05, 3.63) is 58.7 Å². The van der Waals surface area contributed by atoms with Gasteiger partial charge in [0.15, 0.2) is 0 Å². The lowest BCUT2D eigenvalue weighted by Crippen LogP contribution is -2.01. The lowest BCUT2D eigenvalue weighted by atomic mass is 10.1. The minimum Gasteiger partial charge on any atom is -0.461 e. The Kier molecular flexibility index (Phi) is 3.89. The second kappa shape index (κ2) is 5.99. The van der Waals surface area contributed by atoms with Gasteiger partial charge in [-0.25, -0.2) is 4.52 Å². The highest BCUT2D eigenvalue weighted by molar-refractivity contribution is 6.34. The van der Waals surface area contributed by atoms with Crippen molar-refractivity contribution < 1.29 is 14.3 Å². The number of ether oxygens (including phenoxy) is 1. The zero-order chi connectivity index (χ0) is 15.5. The highest BCUT2D eigenvalue weighted by Crippen LogP contribution is 2.25. The molecule has 0 atom stereocenters. The van der Waals surface area contributed by atoms with E-state index >= 15 is 0 Å². The summed E-state index contributed by atoms with van der Waals surface area (Å²) >= 11 is 6.15. The maximum Gasteiger partial charge on any atom is 0.293 e. The average Bonchev–Trinajstić information content (AvgIpc) is 2.88. The molecule has 3 rings (SSSR count). The van der Waals surface area contributed by atoms with Crippen LogP contribution < -0.4 is 0 Å². The molecule has 22 heavy (non-hydrogen) atoms. The SMILES string of the molecule is O=COCc1cc(Cl)c2ccc(-c3ccc(C=O)cc3)nn12. The van der Waals surface area contributed by atoms with Crippen molar-refractivity contribution in [3.8, 4) is 11.3 Å². The number of halogens is 1. The van der Waals surface area contributed by atoms with E-state index in [1.165, 1.54) is 0 Å². The van der Waals surface area contributed by atoms with E-state index in [1.54, 1.807) is 22.7 Å². The molecule has 3 aromatic rings. The fraction of sp³-hybridized carbons (Fsp3) is 0.0625. The van der Waals surface area contributed by atoms with Crippen LogP contribution in [-0.2, 0) is 16.1 Å². The third-order valence-electron chi connectivity index (χ3n) is 3.29. The number of aldehydes is 1. The Hall–Kier alpha value is -2.66. The molecule has 2 heterocycles. The molecule has 0 saturated heterocycles. The molecule has 5 nitrogen and oxygen atoms in total. The van der Waals surface area contributed by atoms with Crippen molar-refractivity contribution in [3.63, 3.8) is 0 Å². The van der Waals surface area contributed by atoms with Crippen molar-refractivity contribution in [2.75, 3.05) is 0 Å². The standard InChI is InChI=1S/C16H11ClN2O3/c17-14-7-13(9-22-10-21)19-16(14)6-5-15(18-19)12-3-1-11(8-20)2-4-12/h1-8,10H,9H2. The predicted octanol–water partition coefficient (Wildman–Crippen LogP) is 3.14. The van der Waals surface area contributed by atoms with Crippen LogP contribution in [0.1, 0.15) is 16.1 Å². The zero-order valence-electron chi connectivity index (χ0n) is 11.4. The van der Waals surface area contributed by atoms with Crippen molar-refractivity contribution >= 4 is 29.9 Å². The van der Waals surface area contributed by atoms with E-state index in [-0.39, 0.29) is 6.61 Å². The first kappa shape index (κ1) is 14.3. The van der Waals surface area contributed by atoms with Gasteiger partial charge in [0.25, 0.3) is 6.47 Å². The van der Waals surface area contributed by atoms with Gasteiger partial charge >= 0.3 is 0 Å². The molecule has 0 saturated carbocycles. The number of aromatic nitrogens is 2.